The lowest BCUT2D eigenvalue weighted by atomic mass is 9.99. The number of anilines is 1. The minimum atomic E-state index is 0.358. The molecule has 3 rings (SSSR count). The maximum absolute atomic E-state index is 5.86. The zero-order valence-electron chi connectivity index (χ0n) is 11.6. The van der Waals surface area contributed by atoms with E-state index in [2.05, 4.69) is 29.6 Å². The van der Waals surface area contributed by atoms with Gasteiger partial charge in [-0.15, -0.1) is 0 Å². The molecule has 1 unspecified atom stereocenters. The molecular formula is C17H19NO2. The van der Waals surface area contributed by atoms with E-state index in [1.54, 1.807) is 7.11 Å². The molecule has 0 aromatic heterocycles. The first-order valence-corrected chi connectivity index (χ1v) is 6.96. The van der Waals surface area contributed by atoms with Crippen LogP contribution in [-0.2, 0) is 6.42 Å². The molecule has 0 radical (unpaired) electrons. The van der Waals surface area contributed by atoms with Crippen LogP contribution >= 0.6 is 0 Å². The number of rotatable bonds is 4. The van der Waals surface area contributed by atoms with E-state index in [9.17, 15) is 0 Å². The minimum absolute atomic E-state index is 0.358. The average molecular weight is 269 g/mol. The van der Waals surface area contributed by atoms with Crippen LogP contribution in [0.1, 0.15) is 12.0 Å². The summed E-state index contributed by atoms with van der Waals surface area (Å²) in [6.45, 7) is 0.668. The molecule has 104 valence electrons. The smallest absolute Gasteiger partial charge is 0.123 e. The van der Waals surface area contributed by atoms with Crippen molar-refractivity contribution in [1.29, 1.82) is 0 Å². The number of nitrogens with one attached hydrogen (secondary N) is 1. The molecule has 0 aliphatic carbocycles. The first kappa shape index (κ1) is 12.9. The monoisotopic (exact) mass is 269 g/mol. The summed E-state index contributed by atoms with van der Waals surface area (Å²) in [5, 5.41) is 3.54. The number of hydrogen-bond acceptors (Lipinski definition) is 3. The van der Waals surface area contributed by atoms with E-state index in [-0.39, 0.29) is 0 Å². The number of hydrogen-bond donors (Lipinski definition) is 1. The highest BCUT2D eigenvalue weighted by molar-refractivity contribution is 5.53. The van der Waals surface area contributed by atoms with E-state index in [0.29, 0.717) is 12.6 Å². The minimum Gasteiger partial charge on any atom is -0.497 e. The predicted octanol–water partition coefficient (Wildman–Crippen LogP) is 3.50. The zero-order chi connectivity index (χ0) is 13.8. The molecule has 2 aromatic rings. The molecule has 1 aliphatic rings. The first-order chi connectivity index (χ1) is 9.85. The van der Waals surface area contributed by atoms with Gasteiger partial charge in [0.2, 0.25) is 0 Å². The topological polar surface area (TPSA) is 30.5 Å². The van der Waals surface area contributed by atoms with Crippen LogP contribution < -0.4 is 14.8 Å². The number of methoxy groups -OCH3 is 1. The van der Waals surface area contributed by atoms with Gasteiger partial charge in [0.05, 0.1) is 13.2 Å². The van der Waals surface area contributed by atoms with Crippen molar-refractivity contribution in [3.8, 4) is 11.5 Å². The third-order valence-electron chi connectivity index (χ3n) is 3.63. The highest BCUT2D eigenvalue weighted by Gasteiger charge is 2.17. The zero-order valence-corrected chi connectivity index (χ0v) is 11.6. The van der Waals surface area contributed by atoms with E-state index in [1.807, 2.05) is 24.3 Å². The van der Waals surface area contributed by atoms with E-state index in [0.717, 1.165) is 24.3 Å². The summed E-state index contributed by atoms with van der Waals surface area (Å²) in [7, 11) is 1.67. The van der Waals surface area contributed by atoms with Crippen molar-refractivity contribution in [3.63, 3.8) is 0 Å². The fraction of sp³-hybridized carbons (Fsp3) is 0.294. The molecule has 3 heteroatoms. The largest absolute Gasteiger partial charge is 0.497 e. The molecule has 1 aliphatic heterocycles. The molecule has 0 saturated heterocycles. The van der Waals surface area contributed by atoms with Crippen LogP contribution in [0.15, 0.2) is 48.5 Å². The lowest BCUT2D eigenvalue weighted by Crippen LogP contribution is -2.31. The molecule has 1 heterocycles. The Bertz CT molecular complexity index is 583. The average Bonchev–Trinajstić information content (AvgIpc) is 2.53. The van der Waals surface area contributed by atoms with Gasteiger partial charge in [-0.3, -0.25) is 0 Å². The van der Waals surface area contributed by atoms with Crippen LogP contribution in [0.25, 0.3) is 0 Å². The van der Waals surface area contributed by atoms with Crippen LogP contribution in [0, 0.1) is 0 Å². The predicted molar refractivity (Wildman–Crippen MR) is 80.7 cm³/mol. The van der Waals surface area contributed by atoms with Gasteiger partial charge in [0, 0.05) is 11.8 Å². The lowest BCUT2D eigenvalue weighted by molar-refractivity contribution is 0.287. The number of benzene rings is 2. The SMILES string of the molecule is COc1cccc(OCC2CCc3ccccc3N2)c1. The summed E-state index contributed by atoms with van der Waals surface area (Å²) in [4.78, 5) is 0. The van der Waals surface area contributed by atoms with E-state index < -0.39 is 0 Å². The van der Waals surface area contributed by atoms with Gasteiger partial charge in [0.25, 0.3) is 0 Å². The van der Waals surface area contributed by atoms with E-state index >= 15 is 0 Å². The molecule has 0 bridgehead atoms. The third-order valence-corrected chi connectivity index (χ3v) is 3.63. The molecule has 1 atom stereocenters. The summed E-state index contributed by atoms with van der Waals surface area (Å²) in [5.41, 5.74) is 2.63. The summed E-state index contributed by atoms with van der Waals surface area (Å²) in [6.07, 6.45) is 2.20. The second-order valence-electron chi connectivity index (χ2n) is 5.03. The van der Waals surface area contributed by atoms with Crippen molar-refractivity contribution in [2.24, 2.45) is 0 Å². The molecule has 1 N–H and O–H groups in total. The maximum Gasteiger partial charge on any atom is 0.123 e. The molecule has 0 amide bonds. The molecular weight excluding hydrogens is 250 g/mol. The van der Waals surface area contributed by atoms with Crippen LogP contribution in [0.2, 0.25) is 0 Å². The fourth-order valence-electron chi connectivity index (χ4n) is 2.51. The summed E-state index contributed by atoms with van der Waals surface area (Å²) >= 11 is 0. The highest BCUT2D eigenvalue weighted by Crippen LogP contribution is 2.25. The summed E-state index contributed by atoms with van der Waals surface area (Å²) in [6, 6.07) is 16.6. The normalized spacial score (nSPS) is 16.9. The van der Waals surface area contributed by atoms with Gasteiger partial charge >= 0.3 is 0 Å². The lowest BCUT2D eigenvalue weighted by Gasteiger charge is -2.27. The quantitative estimate of drug-likeness (QED) is 0.921. The second-order valence-corrected chi connectivity index (χ2v) is 5.03. The van der Waals surface area contributed by atoms with Gasteiger partial charge in [0.1, 0.15) is 18.1 Å². The second kappa shape index (κ2) is 5.87. The van der Waals surface area contributed by atoms with Crippen molar-refractivity contribution in [2.45, 2.75) is 18.9 Å². The van der Waals surface area contributed by atoms with E-state index in [4.69, 9.17) is 9.47 Å². The Morgan fingerprint density at radius 1 is 1.10 bits per heavy atom. The van der Waals surface area contributed by atoms with Crippen molar-refractivity contribution < 1.29 is 9.47 Å². The van der Waals surface area contributed by atoms with Crippen molar-refractivity contribution in [1.82, 2.24) is 0 Å². The molecule has 0 saturated carbocycles. The summed E-state index contributed by atoms with van der Waals surface area (Å²) in [5.74, 6) is 1.68. The molecule has 3 nitrogen and oxygen atoms in total. The Hall–Kier alpha value is -2.16. The Balaban J connectivity index is 1.60. The number of para-hydroxylation sites is 1. The Morgan fingerprint density at radius 3 is 2.85 bits per heavy atom. The number of ether oxygens (including phenoxy) is 2. The van der Waals surface area contributed by atoms with Crippen molar-refractivity contribution >= 4 is 5.69 Å². The summed E-state index contributed by atoms with van der Waals surface area (Å²) < 4.78 is 11.1. The van der Waals surface area contributed by atoms with E-state index in [1.165, 1.54) is 11.3 Å². The Kier molecular flexibility index (Phi) is 3.77. The van der Waals surface area contributed by atoms with Crippen LogP contribution in [0.3, 0.4) is 0 Å². The van der Waals surface area contributed by atoms with Crippen LogP contribution in [0.4, 0.5) is 5.69 Å². The van der Waals surface area contributed by atoms with Gasteiger partial charge in [-0.1, -0.05) is 24.3 Å². The third kappa shape index (κ3) is 2.87. The molecule has 0 spiro atoms. The number of fused-ring (bicyclic) bond motifs is 1. The van der Waals surface area contributed by atoms with Gasteiger partial charge in [0.15, 0.2) is 0 Å². The molecule has 2 aromatic carbocycles. The molecule has 0 fully saturated rings. The van der Waals surface area contributed by atoms with Gasteiger partial charge in [-0.2, -0.15) is 0 Å². The van der Waals surface area contributed by atoms with Crippen molar-refractivity contribution in [3.05, 3.63) is 54.1 Å². The van der Waals surface area contributed by atoms with Crippen molar-refractivity contribution in [2.75, 3.05) is 19.0 Å². The number of aryl methyl sites for hydroxylation is 1. The van der Waals surface area contributed by atoms with Gasteiger partial charge in [-0.25, -0.2) is 0 Å². The van der Waals surface area contributed by atoms with Crippen LogP contribution in [0.5, 0.6) is 11.5 Å². The molecule has 20 heavy (non-hydrogen) atoms. The van der Waals surface area contributed by atoms with Gasteiger partial charge < -0.3 is 14.8 Å². The van der Waals surface area contributed by atoms with Gasteiger partial charge in [-0.05, 0) is 36.6 Å². The maximum atomic E-state index is 5.86. The first-order valence-electron chi connectivity index (χ1n) is 6.96. The fourth-order valence-corrected chi connectivity index (χ4v) is 2.51. The van der Waals surface area contributed by atoms with Crippen LogP contribution in [-0.4, -0.2) is 19.8 Å². The Morgan fingerprint density at radius 2 is 1.95 bits per heavy atom. The Labute approximate surface area is 119 Å². The highest BCUT2D eigenvalue weighted by atomic mass is 16.5. The standard InChI is InChI=1S/C17H19NO2/c1-19-15-6-4-7-16(11-15)20-12-14-10-9-13-5-2-3-8-17(13)18-14/h2-8,11,14,18H,9-10,12H2,1H3.